The third-order valence-electron chi connectivity index (χ3n) is 10.8. The second-order valence-corrected chi connectivity index (χ2v) is 15.6. The van der Waals surface area contributed by atoms with Gasteiger partial charge in [0.15, 0.2) is 0 Å². The molecule has 1 aliphatic heterocycles. The Balaban J connectivity index is 1.56. The van der Waals surface area contributed by atoms with Gasteiger partial charge in [0.25, 0.3) is 5.91 Å². The third-order valence-corrected chi connectivity index (χ3v) is 10.8. The Labute approximate surface area is 288 Å². The number of hydrogen-bond acceptors (Lipinski definition) is 7. The minimum Gasteiger partial charge on any atom is -0.493 e. The summed E-state index contributed by atoms with van der Waals surface area (Å²) in [7, 11) is 0. The van der Waals surface area contributed by atoms with Gasteiger partial charge in [-0.3, -0.25) is 23.7 Å². The summed E-state index contributed by atoms with van der Waals surface area (Å²) < 4.78 is 1.14. The van der Waals surface area contributed by atoms with E-state index in [9.17, 15) is 33.9 Å². The van der Waals surface area contributed by atoms with Gasteiger partial charge in [-0.15, -0.1) is 6.58 Å². The SMILES string of the molecule is C=CCNC(=O)C(=O)C(CCC)NC(=O)[C@@H]1[C@@H]2[C@H](CN1C(=O)[C@@H](NC(=O)N[C@H](Cn1c(O)c[nH]c1=O)C(C)(C)C)C1CCCCC1)C2(C)C. The van der Waals surface area contributed by atoms with Crippen LogP contribution in [0.15, 0.2) is 23.6 Å². The monoisotopic (exact) mass is 685 g/mol. The number of Topliss-reactive ketones (excluding diaryl/α,β-unsaturated/α-hetero) is 1. The summed E-state index contributed by atoms with van der Waals surface area (Å²) in [6.45, 7) is 15.7. The number of ketones is 1. The number of carbonyl (C=O) groups is 5. The molecule has 4 rings (SSSR count). The maximum Gasteiger partial charge on any atom is 0.328 e. The smallest absolute Gasteiger partial charge is 0.328 e. The van der Waals surface area contributed by atoms with Gasteiger partial charge >= 0.3 is 11.7 Å². The van der Waals surface area contributed by atoms with Gasteiger partial charge in [0, 0.05) is 13.1 Å². The van der Waals surface area contributed by atoms with Gasteiger partial charge in [0.05, 0.1) is 24.8 Å². The van der Waals surface area contributed by atoms with Crippen molar-refractivity contribution in [3.8, 4) is 5.88 Å². The Bertz CT molecular complexity index is 1470. The van der Waals surface area contributed by atoms with E-state index in [4.69, 9.17) is 0 Å². The summed E-state index contributed by atoms with van der Waals surface area (Å²) in [6.07, 6.45) is 7.79. The number of likely N-dealkylation sites (tertiary alicyclic amines) is 1. The molecular formula is C35H55N7O7. The van der Waals surface area contributed by atoms with Crippen LogP contribution in [-0.2, 0) is 25.7 Å². The van der Waals surface area contributed by atoms with Crippen LogP contribution in [0.4, 0.5) is 4.79 Å². The molecule has 272 valence electrons. The van der Waals surface area contributed by atoms with Crippen LogP contribution in [-0.4, -0.2) is 86.4 Å². The molecule has 49 heavy (non-hydrogen) atoms. The molecule has 6 N–H and O–H groups in total. The topological polar surface area (TPSA) is 195 Å². The number of urea groups is 1. The van der Waals surface area contributed by atoms with E-state index in [0.29, 0.717) is 13.0 Å². The number of aromatic hydroxyl groups is 1. The van der Waals surface area contributed by atoms with Crippen molar-refractivity contribution in [1.82, 2.24) is 35.7 Å². The number of piperidine rings is 1. The number of carbonyl (C=O) groups excluding carboxylic acids is 5. The minimum atomic E-state index is -1.04. The molecule has 3 fully saturated rings. The highest BCUT2D eigenvalue weighted by Crippen LogP contribution is 2.65. The summed E-state index contributed by atoms with van der Waals surface area (Å²) in [5.41, 5.74) is -1.23. The lowest BCUT2D eigenvalue weighted by molar-refractivity contribution is -0.144. The van der Waals surface area contributed by atoms with E-state index in [-0.39, 0.29) is 54.5 Å². The molecule has 2 heterocycles. The zero-order valence-electron chi connectivity index (χ0n) is 29.8. The molecule has 0 spiro atoms. The number of rotatable bonds is 14. The van der Waals surface area contributed by atoms with E-state index >= 15 is 0 Å². The van der Waals surface area contributed by atoms with E-state index < -0.39 is 58.9 Å². The maximum atomic E-state index is 14.6. The Morgan fingerprint density at radius 3 is 2.35 bits per heavy atom. The standard InChI is InChI=1S/C35H55N7O7/c1-8-13-22(28(44)30(46)36-16-9-2)38-29(45)27-25-21(35(25,6)7)18-42(27)31(47)26(20-14-11-10-12-15-20)40-32(48)39-23(34(3,4)5)19-41-24(43)17-37-33(41)49/h9,17,20-23,25-27,43H,2,8,10-16,18-19H2,1,3-7H3,(H,36,46)(H,37,49)(H,38,45)(H2,39,40,48)/t21-,22?,23+,25-,26-,27-/m0/s1. The molecule has 2 aliphatic carbocycles. The first kappa shape index (κ1) is 37.7. The third kappa shape index (κ3) is 8.38. The summed E-state index contributed by atoms with van der Waals surface area (Å²) in [5.74, 6) is -2.85. The van der Waals surface area contributed by atoms with Crippen molar-refractivity contribution in [1.29, 1.82) is 0 Å². The zero-order valence-corrected chi connectivity index (χ0v) is 29.8. The van der Waals surface area contributed by atoms with Gasteiger partial charge in [-0.1, -0.05) is 73.3 Å². The molecule has 1 aromatic heterocycles. The van der Waals surface area contributed by atoms with Crippen molar-refractivity contribution in [2.45, 2.75) is 117 Å². The second kappa shape index (κ2) is 15.2. The van der Waals surface area contributed by atoms with Crippen LogP contribution in [0.1, 0.15) is 86.5 Å². The van der Waals surface area contributed by atoms with Crippen LogP contribution in [0.25, 0.3) is 0 Å². The highest BCUT2D eigenvalue weighted by atomic mass is 16.3. The fourth-order valence-corrected chi connectivity index (χ4v) is 7.69. The van der Waals surface area contributed by atoms with Crippen LogP contribution in [0.2, 0.25) is 0 Å². The molecule has 1 unspecified atom stereocenters. The molecule has 14 heteroatoms. The second-order valence-electron chi connectivity index (χ2n) is 15.6. The molecular weight excluding hydrogens is 630 g/mol. The van der Waals surface area contributed by atoms with E-state index in [1.165, 1.54) is 12.3 Å². The van der Waals surface area contributed by atoms with Gasteiger partial charge in [0.2, 0.25) is 23.5 Å². The highest BCUT2D eigenvalue weighted by Gasteiger charge is 2.69. The van der Waals surface area contributed by atoms with Crippen LogP contribution in [0, 0.1) is 28.6 Å². The van der Waals surface area contributed by atoms with Crippen LogP contribution < -0.4 is 27.0 Å². The summed E-state index contributed by atoms with van der Waals surface area (Å²) in [4.78, 5) is 84.1. The van der Waals surface area contributed by atoms with Gasteiger partial charge in [-0.2, -0.15) is 0 Å². The fraction of sp³-hybridized carbons (Fsp3) is 0.714. The van der Waals surface area contributed by atoms with Gasteiger partial charge in [-0.25, -0.2) is 9.59 Å². The molecule has 0 aromatic carbocycles. The van der Waals surface area contributed by atoms with E-state index in [1.54, 1.807) is 4.90 Å². The largest absolute Gasteiger partial charge is 0.493 e. The van der Waals surface area contributed by atoms with Crippen molar-refractivity contribution in [3.63, 3.8) is 0 Å². The van der Waals surface area contributed by atoms with E-state index in [2.05, 4.69) is 46.7 Å². The first-order valence-corrected chi connectivity index (χ1v) is 17.6. The predicted octanol–water partition coefficient (Wildman–Crippen LogP) is 2.18. The summed E-state index contributed by atoms with van der Waals surface area (Å²) in [6, 6.07) is -3.99. The quantitative estimate of drug-likeness (QED) is 0.128. The summed E-state index contributed by atoms with van der Waals surface area (Å²) in [5, 5.41) is 21.4. The number of nitrogens with zero attached hydrogens (tertiary/aromatic N) is 2. The van der Waals surface area contributed by atoms with Crippen molar-refractivity contribution in [3.05, 3.63) is 29.3 Å². The van der Waals surface area contributed by atoms with Crippen molar-refractivity contribution < 1.29 is 29.1 Å². The lowest BCUT2D eigenvalue weighted by Gasteiger charge is -2.38. The molecule has 3 aliphatic rings. The molecule has 0 bridgehead atoms. The molecule has 0 radical (unpaired) electrons. The average molecular weight is 686 g/mol. The lowest BCUT2D eigenvalue weighted by Crippen LogP contribution is -2.61. The normalized spacial score (nSPS) is 23.4. The number of hydrogen-bond donors (Lipinski definition) is 6. The molecule has 2 saturated carbocycles. The predicted molar refractivity (Wildman–Crippen MR) is 183 cm³/mol. The van der Waals surface area contributed by atoms with Crippen molar-refractivity contribution >= 4 is 29.5 Å². The van der Waals surface area contributed by atoms with Gasteiger partial charge < -0.3 is 36.3 Å². The Kier molecular flexibility index (Phi) is 11.7. The molecule has 5 amide bonds. The lowest BCUT2D eigenvalue weighted by atomic mass is 9.83. The zero-order chi connectivity index (χ0) is 36.3. The Hall–Kier alpha value is -4.10. The molecule has 6 atom stereocenters. The number of H-pyrrole nitrogens is 1. The van der Waals surface area contributed by atoms with Gasteiger partial charge in [0.1, 0.15) is 12.1 Å². The summed E-state index contributed by atoms with van der Waals surface area (Å²) >= 11 is 0. The van der Waals surface area contributed by atoms with Crippen LogP contribution >= 0.6 is 0 Å². The fourth-order valence-electron chi connectivity index (χ4n) is 7.69. The Morgan fingerprint density at radius 1 is 1.10 bits per heavy atom. The number of aromatic amines is 1. The first-order valence-electron chi connectivity index (χ1n) is 17.6. The molecule has 14 nitrogen and oxygen atoms in total. The van der Waals surface area contributed by atoms with Gasteiger partial charge in [-0.05, 0) is 47.8 Å². The van der Waals surface area contributed by atoms with E-state index in [0.717, 1.165) is 36.7 Å². The first-order chi connectivity index (χ1) is 23.0. The number of nitrogens with one attached hydrogen (secondary N) is 5. The van der Waals surface area contributed by atoms with Crippen LogP contribution in [0.5, 0.6) is 5.88 Å². The minimum absolute atomic E-state index is 0.00318. The Morgan fingerprint density at radius 2 is 1.78 bits per heavy atom. The maximum absolute atomic E-state index is 14.6. The van der Waals surface area contributed by atoms with Crippen molar-refractivity contribution in [2.75, 3.05) is 13.1 Å². The molecule has 1 saturated heterocycles. The molecule has 1 aromatic rings. The number of aromatic nitrogens is 2. The van der Waals surface area contributed by atoms with E-state index in [1.807, 2.05) is 27.7 Å². The number of amides is 5. The van der Waals surface area contributed by atoms with Crippen LogP contribution in [0.3, 0.4) is 0 Å². The van der Waals surface area contributed by atoms with Crippen molar-refractivity contribution in [2.24, 2.45) is 28.6 Å². The highest BCUT2D eigenvalue weighted by molar-refractivity contribution is 6.38. The number of imidazole rings is 1. The average Bonchev–Trinajstić information content (AvgIpc) is 3.32. The number of fused-ring (bicyclic) bond motifs is 1.